The van der Waals surface area contributed by atoms with Gasteiger partial charge >= 0.3 is 5.97 Å². The number of esters is 1. The summed E-state index contributed by atoms with van der Waals surface area (Å²) in [4.78, 5) is 27.7. The van der Waals surface area contributed by atoms with Crippen molar-refractivity contribution in [3.8, 4) is 11.5 Å². The second kappa shape index (κ2) is 11.4. The van der Waals surface area contributed by atoms with Gasteiger partial charge in [-0.1, -0.05) is 30.3 Å². The Morgan fingerprint density at radius 3 is 2.43 bits per heavy atom. The molecule has 8 heteroatoms. The Kier molecular flexibility index (Phi) is 8.02. The molecule has 0 aliphatic carbocycles. The van der Waals surface area contributed by atoms with Crippen molar-refractivity contribution in [1.29, 1.82) is 0 Å². The van der Waals surface area contributed by atoms with Gasteiger partial charge in [-0.05, 0) is 56.6 Å². The highest BCUT2D eigenvalue weighted by Gasteiger charge is 2.36. The van der Waals surface area contributed by atoms with E-state index in [2.05, 4.69) is 4.90 Å². The van der Waals surface area contributed by atoms with Crippen molar-refractivity contribution in [2.45, 2.75) is 32.2 Å². The van der Waals surface area contributed by atoms with Crippen molar-refractivity contribution in [3.63, 3.8) is 0 Å². The number of nitrogens with zero attached hydrogens (tertiary/aromatic N) is 3. The predicted molar refractivity (Wildman–Crippen MR) is 133 cm³/mol. The summed E-state index contributed by atoms with van der Waals surface area (Å²) in [5.41, 5.74) is 2.70. The Bertz CT molecular complexity index is 1060. The third kappa shape index (κ3) is 5.65. The van der Waals surface area contributed by atoms with Crippen molar-refractivity contribution in [1.82, 2.24) is 9.91 Å². The summed E-state index contributed by atoms with van der Waals surface area (Å²) in [6, 6.07) is 15.2. The van der Waals surface area contributed by atoms with E-state index >= 15 is 0 Å². The molecule has 4 rings (SSSR count). The zero-order valence-electron chi connectivity index (χ0n) is 20.6. The molecule has 2 aromatic carbocycles. The highest BCUT2D eigenvalue weighted by atomic mass is 16.5. The second-order valence-corrected chi connectivity index (χ2v) is 8.78. The molecule has 2 heterocycles. The molecule has 0 spiro atoms. The minimum Gasteiger partial charge on any atom is -0.497 e. The van der Waals surface area contributed by atoms with E-state index in [1.54, 1.807) is 19.2 Å². The van der Waals surface area contributed by atoms with Crippen molar-refractivity contribution in [2.24, 2.45) is 11.0 Å². The SMILES string of the molecule is CCOC(=O)C1CCN(CC(=O)N2N=C(c3ccccc3)C[C@@H]2c2cc(OC)ccc2OC)CC1. The van der Waals surface area contributed by atoms with Gasteiger partial charge in [-0.25, -0.2) is 5.01 Å². The Morgan fingerprint density at radius 1 is 1.03 bits per heavy atom. The van der Waals surface area contributed by atoms with Crippen molar-refractivity contribution >= 4 is 17.6 Å². The number of rotatable bonds is 8. The largest absolute Gasteiger partial charge is 0.497 e. The molecule has 0 unspecified atom stereocenters. The number of piperidine rings is 1. The van der Waals surface area contributed by atoms with Gasteiger partial charge < -0.3 is 14.2 Å². The number of methoxy groups -OCH3 is 2. The van der Waals surface area contributed by atoms with Gasteiger partial charge in [0.15, 0.2) is 0 Å². The first-order valence-corrected chi connectivity index (χ1v) is 12.1. The molecule has 0 saturated carbocycles. The second-order valence-electron chi connectivity index (χ2n) is 8.78. The Balaban J connectivity index is 1.54. The van der Waals surface area contributed by atoms with Gasteiger partial charge in [0.05, 0.1) is 45.0 Å². The van der Waals surface area contributed by atoms with Crippen molar-refractivity contribution in [3.05, 3.63) is 59.7 Å². The molecule has 1 atom stereocenters. The molecule has 2 aromatic rings. The van der Waals surface area contributed by atoms with Crippen LogP contribution in [0.25, 0.3) is 0 Å². The van der Waals surface area contributed by atoms with Crippen LogP contribution in [0, 0.1) is 5.92 Å². The molecule has 35 heavy (non-hydrogen) atoms. The van der Waals surface area contributed by atoms with Crippen LogP contribution >= 0.6 is 0 Å². The molecule has 0 bridgehead atoms. The summed E-state index contributed by atoms with van der Waals surface area (Å²) in [7, 11) is 3.24. The smallest absolute Gasteiger partial charge is 0.309 e. The summed E-state index contributed by atoms with van der Waals surface area (Å²) in [6.45, 7) is 3.80. The van der Waals surface area contributed by atoms with E-state index in [1.165, 1.54) is 0 Å². The standard InChI is InChI=1S/C27H33N3O5/c1-4-35-27(32)20-12-14-29(15-13-20)18-26(31)30-24(17-23(28-30)19-8-6-5-7-9-19)22-16-21(33-2)10-11-25(22)34-3/h5-11,16,20,24H,4,12-15,17-18H2,1-3H3/t24-/m1/s1. The maximum absolute atomic E-state index is 13.6. The van der Waals surface area contributed by atoms with Gasteiger partial charge in [0.25, 0.3) is 5.91 Å². The maximum atomic E-state index is 13.6. The topological polar surface area (TPSA) is 80.7 Å². The molecule has 8 nitrogen and oxygen atoms in total. The third-order valence-corrected chi connectivity index (χ3v) is 6.64. The third-order valence-electron chi connectivity index (χ3n) is 6.64. The minimum atomic E-state index is -0.306. The Morgan fingerprint density at radius 2 is 1.77 bits per heavy atom. The molecule has 1 saturated heterocycles. The fourth-order valence-corrected chi connectivity index (χ4v) is 4.74. The number of hydrazone groups is 1. The van der Waals surface area contributed by atoms with Crippen LogP contribution in [0.5, 0.6) is 11.5 Å². The van der Waals surface area contributed by atoms with Crippen LogP contribution < -0.4 is 9.47 Å². The van der Waals surface area contributed by atoms with E-state index in [9.17, 15) is 9.59 Å². The van der Waals surface area contributed by atoms with Crippen LogP contribution in [-0.4, -0.2) is 68.0 Å². The van der Waals surface area contributed by atoms with E-state index in [4.69, 9.17) is 19.3 Å². The summed E-state index contributed by atoms with van der Waals surface area (Å²) in [5.74, 6) is 1.07. The van der Waals surface area contributed by atoms with Gasteiger partial charge in [0, 0.05) is 12.0 Å². The van der Waals surface area contributed by atoms with Crippen LogP contribution in [0.3, 0.4) is 0 Å². The van der Waals surface area contributed by atoms with Crippen LogP contribution in [0.15, 0.2) is 53.6 Å². The van der Waals surface area contributed by atoms with Crippen LogP contribution in [0.1, 0.15) is 43.4 Å². The molecule has 2 aliphatic rings. The quantitative estimate of drug-likeness (QED) is 0.538. The monoisotopic (exact) mass is 479 g/mol. The van der Waals surface area contributed by atoms with Gasteiger partial charge in [0.2, 0.25) is 0 Å². The first kappa shape index (κ1) is 24.7. The van der Waals surface area contributed by atoms with E-state index in [0.29, 0.717) is 50.5 Å². The van der Waals surface area contributed by atoms with E-state index in [1.807, 2.05) is 55.5 Å². The average molecular weight is 480 g/mol. The molecule has 0 N–H and O–H groups in total. The highest BCUT2D eigenvalue weighted by Crippen LogP contribution is 2.39. The summed E-state index contributed by atoms with van der Waals surface area (Å²) >= 11 is 0. The number of hydrogen-bond donors (Lipinski definition) is 0. The van der Waals surface area contributed by atoms with Gasteiger partial charge in [-0.3, -0.25) is 14.5 Å². The molecule has 0 radical (unpaired) electrons. The molecule has 186 valence electrons. The lowest BCUT2D eigenvalue weighted by atomic mass is 9.96. The number of carbonyl (C=O) groups is 2. The number of hydrogen-bond acceptors (Lipinski definition) is 7. The zero-order valence-corrected chi connectivity index (χ0v) is 20.6. The average Bonchev–Trinajstić information content (AvgIpc) is 3.35. The van der Waals surface area contributed by atoms with E-state index in [0.717, 1.165) is 16.8 Å². The first-order valence-electron chi connectivity index (χ1n) is 12.1. The number of likely N-dealkylation sites (tertiary alicyclic amines) is 1. The van der Waals surface area contributed by atoms with Crippen molar-refractivity contribution in [2.75, 3.05) is 40.5 Å². The number of benzene rings is 2. The number of ether oxygens (including phenoxy) is 3. The van der Waals surface area contributed by atoms with Gasteiger partial charge in [-0.2, -0.15) is 5.10 Å². The molecular formula is C27H33N3O5. The minimum absolute atomic E-state index is 0.0830. The van der Waals surface area contributed by atoms with Crippen LogP contribution in [-0.2, 0) is 14.3 Å². The van der Waals surface area contributed by atoms with E-state index in [-0.39, 0.29) is 30.4 Å². The molecule has 1 fully saturated rings. The normalized spacial score (nSPS) is 18.8. The lowest BCUT2D eigenvalue weighted by Crippen LogP contribution is -2.43. The maximum Gasteiger partial charge on any atom is 0.309 e. The molecular weight excluding hydrogens is 446 g/mol. The summed E-state index contributed by atoms with van der Waals surface area (Å²) < 4.78 is 16.2. The van der Waals surface area contributed by atoms with Crippen LogP contribution in [0.2, 0.25) is 0 Å². The predicted octanol–water partition coefficient (Wildman–Crippen LogP) is 3.66. The van der Waals surface area contributed by atoms with Crippen LogP contribution in [0.4, 0.5) is 0 Å². The highest BCUT2D eigenvalue weighted by molar-refractivity contribution is 6.03. The van der Waals surface area contributed by atoms with Gasteiger partial charge in [0.1, 0.15) is 11.5 Å². The summed E-state index contributed by atoms with van der Waals surface area (Å²) in [6.07, 6.45) is 1.96. The fraction of sp³-hybridized carbons (Fsp3) is 0.444. The molecule has 2 aliphatic heterocycles. The zero-order chi connectivity index (χ0) is 24.8. The first-order chi connectivity index (χ1) is 17.0. The summed E-state index contributed by atoms with van der Waals surface area (Å²) in [5, 5.41) is 6.38. The van der Waals surface area contributed by atoms with Crippen molar-refractivity contribution < 1.29 is 23.8 Å². The lowest BCUT2D eigenvalue weighted by molar-refractivity contribution is -0.149. The van der Waals surface area contributed by atoms with E-state index < -0.39 is 0 Å². The lowest BCUT2D eigenvalue weighted by Gasteiger charge is -2.32. The molecule has 0 aromatic heterocycles. The Labute approximate surface area is 206 Å². The number of amides is 1. The van der Waals surface area contributed by atoms with Gasteiger partial charge in [-0.15, -0.1) is 0 Å². The molecule has 1 amide bonds. The Hall–Kier alpha value is -3.39. The number of carbonyl (C=O) groups excluding carboxylic acids is 2. The fourth-order valence-electron chi connectivity index (χ4n) is 4.74.